The number of hydrogen-bond acceptors (Lipinski definition) is 3. The fourth-order valence-electron chi connectivity index (χ4n) is 1.71. The van der Waals surface area contributed by atoms with Gasteiger partial charge in [0.2, 0.25) is 0 Å². The molecule has 4 heteroatoms. The largest absolute Gasteiger partial charge is 0.361 e. The molecule has 1 N–H and O–H groups in total. The van der Waals surface area contributed by atoms with Gasteiger partial charge >= 0.3 is 0 Å². The Bertz CT molecular complexity index is 532. The van der Waals surface area contributed by atoms with Crippen molar-refractivity contribution in [2.45, 2.75) is 26.2 Å². The number of amides is 1. The normalized spacial score (nSPS) is 10.7. The minimum Gasteiger partial charge on any atom is -0.361 e. The number of carbonyl (C=O) groups is 1. The summed E-state index contributed by atoms with van der Waals surface area (Å²) in [4.78, 5) is 11.8. The predicted octanol–water partition coefficient (Wildman–Crippen LogP) is 2.77. The Morgan fingerprint density at radius 3 is 2.68 bits per heavy atom. The van der Waals surface area contributed by atoms with Crippen LogP contribution in [0.5, 0.6) is 0 Å². The van der Waals surface area contributed by atoms with Gasteiger partial charge in [-0.15, -0.1) is 0 Å². The van der Waals surface area contributed by atoms with Crippen molar-refractivity contribution < 1.29 is 9.32 Å². The van der Waals surface area contributed by atoms with Gasteiger partial charge in [0.05, 0.1) is 5.69 Å². The van der Waals surface area contributed by atoms with E-state index in [1.54, 1.807) is 12.1 Å². The van der Waals surface area contributed by atoms with E-state index in [4.69, 9.17) is 4.52 Å². The number of nitrogens with one attached hydrogen (secondary N) is 1. The minimum absolute atomic E-state index is 0.0656. The van der Waals surface area contributed by atoms with Crippen LogP contribution in [0, 0.1) is 0 Å². The zero-order valence-corrected chi connectivity index (χ0v) is 11.2. The first kappa shape index (κ1) is 13.3. The van der Waals surface area contributed by atoms with Crippen molar-refractivity contribution in [3.63, 3.8) is 0 Å². The molecule has 0 spiro atoms. The lowest BCUT2D eigenvalue weighted by atomic mass is 10.1. The Kier molecular flexibility index (Phi) is 4.34. The highest BCUT2D eigenvalue weighted by Gasteiger charge is 2.08. The number of rotatable bonds is 5. The Morgan fingerprint density at radius 1 is 1.32 bits per heavy atom. The second-order valence-electron chi connectivity index (χ2n) is 4.74. The van der Waals surface area contributed by atoms with Crippen LogP contribution in [0.3, 0.4) is 0 Å². The van der Waals surface area contributed by atoms with Gasteiger partial charge in [-0.1, -0.05) is 37.2 Å². The van der Waals surface area contributed by atoms with Crippen molar-refractivity contribution in [3.05, 3.63) is 53.4 Å². The average Bonchev–Trinajstić information content (AvgIpc) is 2.89. The van der Waals surface area contributed by atoms with E-state index in [0.717, 1.165) is 11.5 Å². The highest BCUT2D eigenvalue weighted by molar-refractivity contribution is 5.94. The lowest BCUT2D eigenvalue weighted by Crippen LogP contribution is -2.25. The summed E-state index contributed by atoms with van der Waals surface area (Å²) in [5.74, 6) is 1.10. The van der Waals surface area contributed by atoms with Crippen molar-refractivity contribution in [2.75, 3.05) is 6.54 Å². The van der Waals surface area contributed by atoms with Gasteiger partial charge in [0.25, 0.3) is 5.91 Å². The van der Waals surface area contributed by atoms with Crippen molar-refractivity contribution in [1.29, 1.82) is 0 Å². The molecule has 100 valence electrons. The number of carbonyl (C=O) groups excluding carboxylic acids is 1. The number of benzene rings is 1. The van der Waals surface area contributed by atoms with E-state index in [9.17, 15) is 4.79 Å². The first-order valence-corrected chi connectivity index (χ1v) is 6.45. The molecule has 0 bridgehead atoms. The molecular weight excluding hydrogens is 240 g/mol. The molecule has 0 fully saturated rings. The van der Waals surface area contributed by atoms with Crippen LogP contribution < -0.4 is 5.32 Å². The molecule has 0 aliphatic carbocycles. The van der Waals surface area contributed by atoms with Gasteiger partial charge in [-0.05, 0) is 18.1 Å². The maximum absolute atomic E-state index is 11.8. The van der Waals surface area contributed by atoms with Gasteiger partial charge in [-0.3, -0.25) is 4.79 Å². The minimum atomic E-state index is -0.0656. The van der Waals surface area contributed by atoms with Gasteiger partial charge < -0.3 is 9.84 Å². The zero-order valence-electron chi connectivity index (χ0n) is 11.2. The zero-order chi connectivity index (χ0) is 13.7. The van der Waals surface area contributed by atoms with E-state index in [2.05, 4.69) is 24.3 Å². The van der Waals surface area contributed by atoms with E-state index in [0.29, 0.717) is 24.4 Å². The van der Waals surface area contributed by atoms with Gasteiger partial charge in [0.15, 0.2) is 0 Å². The summed E-state index contributed by atoms with van der Waals surface area (Å²) in [5, 5.41) is 6.84. The van der Waals surface area contributed by atoms with Crippen LogP contribution in [0.25, 0.3) is 0 Å². The van der Waals surface area contributed by atoms with Gasteiger partial charge in [0.1, 0.15) is 5.76 Å². The summed E-state index contributed by atoms with van der Waals surface area (Å²) < 4.78 is 5.21. The topological polar surface area (TPSA) is 55.1 Å². The molecule has 2 rings (SSSR count). The summed E-state index contributed by atoms with van der Waals surface area (Å²) >= 11 is 0. The Labute approximate surface area is 112 Å². The average molecular weight is 258 g/mol. The van der Waals surface area contributed by atoms with Gasteiger partial charge in [0, 0.05) is 24.6 Å². The second kappa shape index (κ2) is 6.18. The maximum Gasteiger partial charge on any atom is 0.251 e. The van der Waals surface area contributed by atoms with E-state index in [1.807, 2.05) is 24.3 Å². The van der Waals surface area contributed by atoms with E-state index < -0.39 is 0 Å². The van der Waals surface area contributed by atoms with E-state index in [1.165, 1.54) is 0 Å². The summed E-state index contributed by atoms with van der Waals surface area (Å²) in [6.45, 7) is 4.68. The quantitative estimate of drug-likeness (QED) is 0.897. The molecule has 0 saturated carbocycles. The SMILES string of the molecule is CC(C)c1cc(CCNC(=O)c2ccccc2)on1. The molecule has 1 aromatic carbocycles. The smallest absolute Gasteiger partial charge is 0.251 e. The summed E-state index contributed by atoms with van der Waals surface area (Å²) in [7, 11) is 0. The van der Waals surface area contributed by atoms with Crippen LogP contribution in [-0.4, -0.2) is 17.6 Å². The predicted molar refractivity (Wildman–Crippen MR) is 73.1 cm³/mol. The second-order valence-corrected chi connectivity index (χ2v) is 4.74. The molecule has 1 heterocycles. The lowest BCUT2D eigenvalue weighted by molar-refractivity contribution is 0.0953. The van der Waals surface area contributed by atoms with Crippen LogP contribution in [0.4, 0.5) is 0 Å². The highest BCUT2D eigenvalue weighted by Crippen LogP contribution is 2.14. The van der Waals surface area contributed by atoms with Crippen molar-refractivity contribution in [1.82, 2.24) is 10.5 Å². The molecule has 0 aliphatic rings. The Morgan fingerprint density at radius 2 is 2.05 bits per heavy atom. The molecule has 2 aromatic rings. The summed E-state index contributed by atoms with van der Waals surface area (Å²) in [5.41, 5.74) is 1.62. The highest BCUT2D eigenvalue weighted by atomic mass is 16.5. The lowest BCUT2D eigenvalue weighted by Gasteiger charge is -2.03. The molecule has 0 atom stereocenters. The number of hydrogen-bond donors (Lipinski definition) is 1. The molecule has 19 heavy (non-hydrogen) atoms. The third kappa shape index (κ3) is 3.68. The van der Waals surface area contributed by atoms with Crippen LogP contribution in [-0.2, 0) is 6.42 Å². The van der Waals surface area contributed by atoms with Crippen molar-refractivity contribution in [2.24, 2.45) is 0 Å². The molecule has 1 aromatic heterocycles. The summed E-state index contributed by atoms with van der Waals surface area (Å²) in [6, 6.07) is 11.1. The molecule has 0 saturated heterocycles. The van der Waals surface area contributed by atoms with Crippen LogP contribution in [0.2, 0.25) is 0 Å². The molecular formula is C15H18N2O2. The molecule has 0 aliphatic heterocycles. The third-order valence-corrected chi connectivity index (χ3v) is 2.86. The van der Waals surface area contributed by atoms with Crippen LogP contribution in [0.15, 0.2) is 40.9 Å². The Hall–Kier alpha value is -2.10. The third-order valence-electron chi connectivity index (χ3n) is 2.86. The van der Waals surface area contributed by atoms with Crippen LogP contribution in [0.1, 0.15) is 41.6 Å². The maximum atomic E-state index is 11.8. The monoisotopic (exact) mass is 258 g/mol. The Balaban J connectivity index is 1.81. The van der Waals surface area contributed by atoms with Crippen LogP contribution >= 0.6 is 0 Å². The fraction of sp³-hybridized carbons (Fsp3) is 0.333. The first-order valence-electron chi connectivity index (χ1n) is 6.45. The van der Waals surface area contributed by atoms with E-state index in [-0.39, 0.29) is 5.91 Å². The molecule has 0 radical (unpaired) electrons. The fourth-order valence-corrected chi connectivity index (χ4v) is 1.71. The van der Waals surface area contributed by atoms with E-state index >= 15 is 0 Å². The molecule has 0 unspecified atom stereocenters. The first-order chi connectivity index (χ1) is 9.16. The molecule has 4 nitrogen and oxygen atoms in total. The number of aromatic nitrogens is 1. The molecule has 1 amide bonds. The summed E-state index contributed by atoms with van der Waals surface area (Å²) in [6.07, 6.45) is 0.651. The standard InChI is InChI=1S/C15H18N2O2/c1-11(2)14-10-13(19-17-14)8-9-16-15(18)12-6-4-3-5-7-12/h3-7,10-11H,8-9H2,1-2H3,(H,16,18). The van der Waals surface area contributed by atoms with Crippen molar-refractivity contribution in [3.8, 4) is 0 Å². The number of nitrogens with zero attached hydrogens (tertiary/aromatic N) is 1. The van der Waals surface area contributed by atoms with Crippen molar-refractivity contribution >= 4 is 5.91 Å². The van der Waals surface area contributed by atoms with Gasteiger partial charge in [-0.25, -0.2) is 0 Å². The van der Waals surface area contributed by atoms with Gasteiger partial charge in [-0.2, -0.15) is 0 Å².